The number of nitrogens with zero attached hydrogens (tertiary/aromatic N) is 1. The maximum atomic E-state index is 9.46. The molecule has 1 atom stereocenters. The summed E-state index contributed by atoms with van der Waals surface area (Å²) >= 11 is 5.95. The Balaban J connectivity index is 0.00000180. The number of hydrogen-bond acceptors (Lipinski definition) is 4. The van der Waals surface area contributed by atoms with Gasteiger partial charge in [-0.1, -0.05) is 17.7 Å². The zero-order valence-electron chi connectivity index (χ0n) is 10.7. The van der Waals surface area contributed by atoms with E-state index in [9.17, 15) is 10.2 Å². The van der Waals surface area contributed by atoms with Crippen LogP contribution < -0.4 is 5.32 Å². The normalized spacial score (nSPS) is 17.8. The Morgan fingerprint density at radius 2 is 2.00 bits per heavy atom. The summed E-state index contributed by atoms with van der Waals surface area (Å²) in [6, 6.07) is 5.45. The van der Waals surface area contributed by atoms with Crippen LogP contribution in [0.2, 0.25) is 5.02 Å². The molecule has 1 fully saturated rings. The maximum absolute atomic E-state index is 9.46. The van der Waals surface area contributed by atoms with Gasteiger partial charge in [-0.25, -0.2) is 0 Å². The summed E-state index contributed by atoms with van der Waals surface area (Å²) in [7, 11) is 0. The van der Waals surface area contributed by atoms with Crippen LogP contribution in [0.4, 0.5) is 0 Å². The minimum atomic E-state index is 0. The van der Waals surface area contributed by atoms with Gasteiger partial charge < -0.3 is 15.5 Å². The van der Waals surface area contributed by atoms with Crippen LogP contribution in [0.25, 0.3) is 0 Å². The summed E-state index contributed by atoms with van der Waals surface area (Å²) in [5, 5.41) is 22.4. The lowest BCUT2D eigenvalue weighted by molar-refractivity contribution is 0.141. The van der Waals surface area contributed by atoms with Gasteiger partial charge in [0.25, 0.3) is 0 Å². The Bertz CT molecular complexity index is 398. The highest BCUT2D eigenvalue weighted by Crippen LogP contribution is 2.30. The number of nitrogens with one attached hydrogen (secondary N) is 1. The number of aliphatic hydroxyl groups excluding tert-OH is 1. The third kappa shape index (κ3) is 4.23. The molecule has 6 heteroatoms. The molecule has 108 valence electrons. The summed E-state index contributed by atoms with van der Waals surface area (Å²) in [5.74, 6) is 0.100. The van der Waals surface area contributed by atoms with E-state index in [0.717, 1.165) is 31.7 Å². The zero-order valence-corrected chi connectivity index (χ0v) is 12.3. The van der Waals surface area contributed by atoms with Crippen LogP contribution >= 0.6 is 24.0 Å². The molecule has 1 saturated heterocycles. The first-order valence-electron chi connectivity index (χ1n) is 6.26. The molecule has 0 saturated carbocycles. The highest BCUT2D eigenvalue weighted by atomic mass is 35.5. The fraction of sp³-hybridized carbons (Fsp3) is 0.538. The van der Waals surface area contributed by atoms with Gasteiger partial charge in [0.05, 0.1) is 5.02 Å². The summed E-state index contributed by atoms with van der Waals surface area (Å²) in [4.78, 5) is 2.34. The van der Waals surface area contributed by atoms with Crippen molar-refractivity contribution in [1.82, 2.24) is 10.2 Å². The Hall–Kier alpha value is -0.520. The number of hydrogen-bond donors (Lipinski definition) is 3. The number of halogens is 2. The number of phenols is 1. The molecular weight excluding hydrogens is 287 g/mol. The van der Waals surface area contributed by atoms with Crippen LogP contribution in [0.5, 0.6) is 5.75 Å². The molecule has 0 amide bonds. The van der Waals surface area contributed by atoms with E-state index in [1.807, 2.05) is 6.07 Å². The zero-order chi connectivity index (χ0) is 13.0. The largest absolute Gasteiger partial charge is 0.506 e. The molecule has 19 heavy (non-hydrogen) atoms. The fourth-order valence-corrected chi connectivity index (χ4v) is 2.60. The first-order valence-corrected chi connectivity index (χ1v) is 6.64. The van der Waals surface area contributed by atoms with Crippen LogP contribution in [0.3, 0.4) is 0 Å². The van der Waals surface area contributed by atoms with Crippen LogP contribution in [0.1, 0.15) is 18.0 Å². The molecule has 4 nitrogen and oxygen atoms in total. The van der Waals surface area contributed by atoms with Crippen LogP contribution in [-0.4, -0.2) is 47.9 Å². The topological polar surface area (TPSA) is 55.7 Å². The van der Waals surface area contributed by atoms with Crippen molar-refractivity contribution < 1.29 is 10.2 Å². The molecule has 0 radical (unpaired) electrons. The van der Waals surface area contributed by atoms with Gasteiger partial charge in [-0.15, -0.1) is 12.4 Å². The quantitative estimate of drug-likeness (QED) is 0.794. The smallest absolute Gasteiger partial charge is 0.134 e. The van der Waals surface area contributed by atoms with E-state index in [1.54, 1.807) is 12.1 Å². The van der Waals surface area contributed by atoms with E-state index >= 15 is 0 Å². The summed E-state index contributed by atoms with van der Waals surface area (Å²) < 4.78 is 0. The highest BCUT2D eigenvalue weighted by molar-refractivity contribution is 6.32. The van der Waals surface area contributed by atoms with Gasteiger partial charge in [-0.3, -0.25) is 4.90 Å². The van der Waals surface area contributed by atoms with Crippen molar-refractivity contribution in [1.29, 1.82) is 0 Å². The first kappa shape index (κ1) is 16.5. The second kappa shape index (κ2) is 7.92. The van der Waals surface area contributed by atoms with Crippen LogP contribution in [0, 0.1) is 0 Å². The summed E-state index contributed by atoms with van der Waals surface area (Å²) in [6.45, 7) is 4.00. The van der Waals surface area contributed by atoms with Gasteiger partial charge in [0.2, 0.25) is 0 Å². The van der Waals surface area contributed by atoms with Gasteiger partial charge in [0, 0.05) is 38.8 Å². The molecule has 0 spiro atoms. The molecule has 3 N–H and O–H groups in total. The van der Waals surface area contributed by atoms with E-state index in [-0.39, 0.29) is 30.8 Å². The number of aliphatic hydroxyl groups is 1. The second-order valence-corrected chi connectivity index (χ2v) is 4.93. The number of piperazine rings is 1. The van der Waals surface area contributed by atoms with Crippen molar-refractivity contribution in [3.63, 3.8) is 0 Å². The molecule has 1 aromatic rings. The Kier molecular flexibility index (Phi) is 6.89. The lowest BCUT2D eigenvalue weighted by Crippen LogP contribution is -2.45. The van der Waals surface area contributed by atoms with Gasteiger partial charge in [0.1, 0.15) is 5.75 Å². The van der Waals surface area contributed by atoms with Crippen molar-refractivity contribution in [3.8, 4) is 5.75 Å². The second-order valence-electron chi connectivity index (χ2n) is 4.52. The van der Waals surface area contributed by atoms with E-state index in [1.165, 1.54) is 0 Å². The number of phenolic OH excluding ortho intramolecular Hbond substituents is 1. The minimum absolute atomic E-state index is 0. The summed E-state index contributed by atoms with van der Waals surface area (Å²) in [5.41, 5.74) is 1.05. The van der Waals surface area contributed by atoms with Gasteiger partial charge in [-0.05, 0) is 24.1 Å². The molecule has 1 heterocycles. The number of rotatable bonds is 4. The number of aromatic hydroxyl groups is 1. The fourth-order valence-electron chi connectivity index (χ4n) is 2.41. The van der Waals surface area contributed by atoms with Crippen LogP contribution in [0.15, 0.2) is 18.2 Å². The van der Waals surface area contributed by atoms with Crippen molar-refractivity contribution in [2.24, 2.45) is 0 Å². The van der Waals surface area contributed by atoms with Crippen LogP contribution in [-0.2, 0) is 0 Å². The molecular formula is C13H20Cl2N2O2. The molecule has 0 aliphatic carbocycles. The van der Waals surface area contributed by atoms with E-state index < -0.39 is 0 Å². The lowest BCUT2D eigenvalue weighted by atomic mass is 10.0. The standard InChI is InChI=1S/C13H19ClN2O2.ClH/c14-11-9-10(1-2-13(11)18)12(3-8-17)16-6-4-15-5-7-16;/h1-2,9,12,15,17-18H,3-8H2;1H/t12-;/m1./s1. The van der Waals surface area contributed by atoms with E-state index in [2.05, 4.69) is 10.2 Å². The van der Waals surface area contributed by atoms with Gasteiger partial charge in [0.15, 0.2) is 0 Å². The first-order chi connectivity index (χ1) is 8.72. The molecule has 0 bridgehead atoms. The van der Waals surface area contributed by atoms with Gasteiger partial charge in [-0.2, -0.15) is 0 Å². The molecule has 0 unspecified atom stereocenters. The molecule has 1 aliphatic heterocycles. The molecule has 0 aromatic heterocycles. The third-order valence-corrected chi connectivity index (χ3v) is 3.65. The average Bonchev–Trinajstić information content (AvgIpc) is 2.40. The SMILES string of the molecule is Cl.OCC[C@H](c1ccc(O)c(Cl)c1)N1CCNCC1. The Morgan fingerprint density at radius 1 is 1.32 bits per heavy atom. The number of benzene rings is 1. The lowest BCUT2D eigenvalue weighted by Gasteiger charge is -2.35. The predicted octanol–water partition coefficient (Wildman–Crippen LogP) is 1.80. The summed E-state index contributed by atoms with van der Waals surface area (Å²) in [6.07, 6.45) is 0.682. The van der Waals surface area contributed by atoms with E-state index in [0.29, 0.717) is 11.4 Å². The van der Waals surface area contributed by atoms with Crippen molar-refractivity contribution in [2.75, 3.05) is 32.8 Å². The predicted molar refractivity (Wildman–Crippen MR) is 79.3 cm³/mol. The highest BCUT2D eigenvalue weighted by Gasteiger charge is 2.22. The monoisotopic (exact) mass is 306 g/mol. The minimum Gasteiger partial charge on any atom is -0.506 e. The molecule has 1 aromatic carbocycles. The van der Waals surface area contributed by atoms with Crippen molar-refractivity contribution >= 4 is 24.0 Å². The van der Waals surface area contributed by atoms with Crippen molar-refractivity contribution in [2.45, 2.75) is 12.5 Å². The van der Waals surface area contributed by atoms with E-state index in [4.69, 9.17) is 11.6 Å². The Morgan fingerprint density at radius 3 is 2.58 bits per heavy atom. The third-order valence-electron chi connectivity index (χ3n) is 3.35. The molecule has 2 rings (SSSR count). The molecule has 1 aliphatic rings. The van der Waals surface area contributed by atoms with Crippen molar-refractivity contribution in [3.05, 3.63) is 28.8 Å². The maximum Gasteiger partial charge on any atom is 0.134 e. The Labute approximate surface area is 124 Å². The van der Waals surface area contributed by atoms with Gasteiger partial charge >= 0.3 is 0 Å². The average molecular weight is 307 g/mol.